The minimum atomic E-state index is -0.521. The molecule has 2 N–H and O–H groups in total. The molecule has 1 aromatic rings. The zero-order valence-electron chi connectivity index (χ0n) is 12.2. The van der Waals surface area contributed by atoms with Crippen LogP contribution in [-0.2, 0) is 0 Å². The topological polar surface area (TPSA) is 49.6 Å². The van der Waals surface area contributed by atoms with E-state index in [9.17, 15) is 9.18 Å². The number of nitrogens with two attached hydrogens (primary N) is 1. The van der Waals surface area contributed by atoms with Gasteiger partial charge in [0.25, 0.3) is 5.91 Å². The third kappa shape index (κ3) is 2.88. The number of nitrogen functional groups attached to an aromatic ring is 1. The molecular formula is C16H22FN3O. The summed E-state index contributed by atoms with van der Waals surface area (Å²) >= 11 is 0. The Labute approximate surface area is 124 Å². The molecule has 21 heavy (non-hydrogen) atoms. The van der Waals surface area contributed by atoms with E-state index in [1.165, 1.54) is 31.4 Å². The van der Waals surface area contributed by atoms with Crippen molar-refractivity contribution in [1.29, 1.82) is 0 Å². The van der Waals surface area contributed by atoms with Gasteiger partial charge >= 0.3 is 0 Å². The highest BCUT2D eigenvalue weighted by Crippen LogP contribution is 2.24. The molecule has 1 aromatic carbocycles. The number of para-hydroxylation sites is 1. The van der Waals surface area contributed by atoms with E-state index >= 15 is 0 Å². The van der Waals surface area contributed by atoms with Crippen molar-refractivity contribution in [3.8, 4) is 0 Å². The second-order valence-electron chi connectivity index (χ2n) is 5.99. The minimum Gasteiger partial charge on any atom is -0.396 e. The van der Waals surface area contributed by atoms with E-state index in [1.54, 1.807) is 6.07 Å². The summed E-state index contributed by atoms with van der Waals surface area (Å²) in [5.41, 5.74) is 5.94. The molecule has 0 bridgehead atoms. The van der Waals surface area contributed by atoms with Crippen LogP contribution in [0.5, 0.6) is 0 Å². The predicted molar refractivity (Wildman–Crippen MR) is 80.5 cm³/mol. The largest absolute Gasteiger partial charge is 0.396 e. The molecule has 0 aliphatic carbocycles. The zero-order chi connectivity index (χ0) is 14.8. The van der Waals surface area contributed by atoms with E-state index in [0.29, 0.717) is 6.04 Å². The van der Waals surface area contributed by atoms with Gasteiger partial charge in [-0.25, -0.2) is 4.39 Å². The van der Waals surface area contributed by atoms with Gasteiger partial charge in [-0.05, 0) is 44.5 Å². The predicted octanol–water partition coefficient (Wildman–Crippen LogP) is 2.11. The van der Waals surface area contributed by atoms with Crippen LogP contribution in [0.25, 0.3) is 0 Å². The monoisotopic (exact) mass is 291 g/mol. The highest BCUT2D eigenvalue weighted by Gasteiger charge is 2.32. The van der Waals surface area contributed by atoms with Crippen LogP contribution in [0.1, 0.15) is 36.0 Å². The fraction of sp³-hybridized carbons (Fsp3) is 0.562. The highest BCUT2D eigenvalue weighted by atomic mass is 19.1. The van der Waals surface area contributed by atoms with Gasteiger partial charge in [-0.3, -0.25) is 9.69 Å². The lowest BCUT2D eigenvalue weighted by atomic mass is 10.1. The van der Waals surface area contributed by atoms with Crippen molar-refractivity contribution in [2.75, 3.05) is 31.9 Å². The average Bonchev–Trinajstić information content (AvgIpc) is 3.00. The van der Waals surface area contributed by atoms with Crippen molar-refractivity contribution >= 4 is 11.6 Å². The third-order valence-corrected chi connectivity index (χ3v) is 4.64. The van der Waals surface area contributed by atoms with Crippen LogP contribution in [0, 0.1) is 5.82 Å². The summed E-state index contributed by atoms with van der Waals surface area (Å²) in [6, 6.07) is 4.88. The number of nitrogens with zero attached hydrogens (tertiary/aromatic N) is 2. The van der Waals surface area contributed by atoms with Gasteiger partial charge in [-0.2, -0.15) is 0 Å². The van der Waals surface area contributed by atoms with E-state index in [-0.39, 0.29) is 17.2 Å². The Hall–Kier alpha value is -1.62. The number of halogens is 1. The number of hydrogen-bond donors (Lipinski definition) is 1. The Morgan fingerprint density at radius 2 is 1.95 bits per heavy atom. The quantitative estimate of drug-likeness (QED) is 0.849. The molecular weight excluding hydrogens is 269 g/mol. The van der Waals surface area contributed by atoms with Crippen LogP contribution in [0.2, 0.25) is 0 Å². The van der Waals surface area contributed by atoms with E-state index in [0.717, 1.165) is 32.6 Å². The molecule has 2 saturated heterocycles. The van der Waals surface area contributed by atoms with E-state index in [4.69, 9.17) is 5.73 Å². The van der Waals surface area contributed by atoms with Gasteiger partial charge in [-0.15, -0.1) is 0 Å². The number of carbonyl (C=O) groups excluding carboxylic acids is 1. The summed E-state index contributed by atoms with van der Waals surface area (Å²) in [5, 5.41) is 0. The summed E-state index contributed by atoms with van der Waals surface area (Å²) < 4.78 is 13.5. The fourth-order valence-electron chi connectivity index (χ4n) is 3.40. The van der Waals surface area contributed by atoms with E-state index in [1.807, 2.05) is 4.90 Å². The van der Waals surface area contributed by atoms with Crippen LogP contribution >= 0.6 is 0 Å². The average molecular weight is 291 g/mol. The van der Waals surface area contributed by atoms with Crippen molar-refractivity contribution in [3.05, 3.63) is 29.6 Å². The highest BCUT2D eigenvalue weighted by molar-refractivity contribution is 5.99. The van der Waals surface area contributed by atoms with Crippen LogP contribution in [0.15, 0.2) is 18.2 Å². The number of benzene rings is 1. The summed E-state index contributed by atoms with van der Waals surface area (Å²) in [6.07, 6.45) is 4.81. The minimum absolute atomic E-state index is 0.0380. The lowest BCUT2D eigenvalue weighted by Crippen LogP contribution is -2.41. The molecule has 0 aromatic heterocycles. The zero-order valence-corrected chi connectivity index (χ0v) is 12.2. The Bertz CT molecular complexity index is 528. The van der Waals surface area contributed by atoms with E-state index < -0.39 is 5.82 Å². The number of anilines is 1. The normalized spacial score (nSPS) is 23.5. The van der Waals surface area contributed by atoms with Crippen molar-refractivity contribution in [2.45, 2.75) is 31.7 Å². The van der Waals surface area contributed by atoms with Crippen molar-refractivity contribution in [3.63, 3.8) is 0 Å². The first kappa shape index (κ1) is 14.3. The van der Waals surface area contributed by atoms with Gasteiger partial charge in [0.05, 0.1) is 11.3 Å². The second kappa shape index (κ2) is 6.02. The van der Waals surface area contributed by atoms with Crippen molar-refractivity contribution < 1.29 is 9.18 Å². The van der Waals surface area contributed by atoms with Crippen LogP contribution in [0.4, 0.5) is 10.1 Å². The van der Waals surface area contributed by atoms with Gasteiger partial charge in [0.2, 0.25) is 0 Å². The Morgan fingerprint density at radius 3 is 2.71 bits per heavy atom. The number of hydrogen-bond acceptors (Lipinski definition) is 3. The SMILES string of the molecule is Nc1c(F)cccc1C(=O)N1CCC(N2CCCCC2)C1. The summed E-state index contributed by atoms with van der Waals surface area (Å²) in [7, 11) is 0. The third-order valence-electron chi connectivity index (χ3n) is 4.64. The molecule has 1 atom stereocenters. The number of likely N-dealkylation sites (tertiary alicyclic amines) is 2. The number of carbonyl (C=O) groups is 1. The molecule has 114 valence electrons. The van der Waals surface area contributed by atoms with Crippen molar-refractivity contribution in [1.82, 2.24) is 9.80 Å². The van der Waals surface area contributed by atoms with Gasteiger partial charge in [0, 0.05) is 19.1 Å². The first-order valence-electron chi connectivity index (χ1n) is 7.74. The molecule has 2 aliphatic heterocycles. The standard InChI is InChI=1S/C16H22FN3O/c17-14-6-4-5-13(15(14)18)16(21)20-10-7-12(11-20)19-8-2-1-3-9-19/h4-6,12H,1-3,7-11,18H2. The number of amides is 1. The van der Waals surface area contributed by atoms with E-state index in [2.05, 4.69) is 4.90 Å². The molecule has 1 unspecified atom stereocenters. The van der Waals surface area contributed by atoms with Gasteiger partial charge in [0.1, 0.15) is 5.82 Å². The first-order valence-corrected chi connectivity index (χ1v) is 7.74. The maximum atomic E-state index is 13.5. The lowest BCUT2D eigenvalue weighted by molar-refractivity contribution is 0.0772. The molecule has 1 amide bonds. The molecule has 2 heterocycles. The van der Waals surface area contributed by atoms with Gasteiger partial charge < -0.3 is 10.6 Å². The molecule has 5 heteroatoms. The maximum Gasteiger partial charge on any atom is 0.256 e. The maximum absolute atomic E-state index is 13.5. The Kier molecular flexibility index (Phi) is 4.10. The summed E-state index contributed by atoms with van der Waals surface area (Å²) in [6.45, 7) is 3.73. The van der Waals surface area contributed by atoms with Crippen LogP contribution in [-0.4, -0.2) is 47.9 Å². The first-order chi connectivity index (χ1) is 10.2. The number of rotatable bonds is 2. The molecule has 2 fully saturated rings. The summed E-state index contributed by atoms with van der Waals surface area (Å²) in [4.78, 5) is 16.8. The molecule has 2 aliphatic rings. The number of piperidine rings is 1. The molecule has 4 nitrogen and oxygen atoms in total. The molecule has 0 saturated carbocycles. The van der Waals surface area contributed by atoms with Crippen molar-refractivity contribution in [2.24, 2.45) is 0 Å². The summed E-state index contributed by atoms with van der Waals surface area (Å²) in [5.74, 6) is -0.667. The van der Waals surface area contributed by atoms with Gasteiger partial charge in [-0.1, -0.05) is 12.5 Å². The lowest BCUT2D eigenvalue weighted by Gasteiger charge is -2.32. The van der Waals surface area contributed by atoms with Crippen LogP contribution in [0.3, 0.4) is 0 Å². The fourth-order valence-corrected chi connectivity index (χ4v) is 3.40. The van der Waals surface area contributed by atoms with Gasteiger partial charge in [0.15, 0.2) is 0 Å². The molecule has 0 spiro atoms. The molecule has 3 rings (SSSR count). The molecule has 0 radical (unpaired) electrons. The van der Waals surface area contributed by atoms with Crippen LogP contribution < -0.4 is 5.73 Å². The Morgan fingerprint density at radius 1 is 1.19 bits per heavy atom. The Balaban J connectivity index is 1.68. The second-order valence-corrected chi connectivity index (χ2v) is 5.99. The smallest absolute Gasteiger partial charge is 0.256 e.